The number of carbonyl (C=O) groups is 2. The van der Waals surface area contributed by atoms with E-state index in [1.165, 1.54) is 4.90 Å². The maximum absolute atomic E-state index is 11.2. The van der Waals surface area contributed by atoms with Crippen LogP contribution in [0.1, 0.15) is 19.4 Å². The minimum atomic E-state index is -0.557. The quantitative estimate of drug-likeness (QED) is 0.654. The van der Waals surface area contributed by atoms with Crippen molar-refractivity contribution in [2.75, 3.05) is 18.0 Å². The zero-order chi connectivity index (χ0) is 16.0. The molecule has 7 heteroatoms. The molecule has 1 rings (SSSR count). The first kappa shape index (κ1) is 17.3. The zero-order valence-corrected chi connectivity index (χ0v) is 13.0. The van der Waals surface area contributed by atoms with Crippen LogP contribution in [-0.4, -0.2) is 30.9 Å². The maximum Gasteiger partial charge on any atom is 0.236 e. The van der Waals surface area contributed by atoms with Crippen molar-refractivity contribution in [3.05, 3.63) is 28.8 Å². The number of primary amides is 2. The first-order chi connectivity index (χ1) is 9.81. The van der Waals surface area contributed by atoms with Gasteiger partial charge in [0.15, 0.2) is 0 Å². The number of hydrogen-bond acceptors (Lipinski definition) is 4. The van der Waals surface area contributed by atoms with Gasteiger partial charge in [-0.1, -0.05) is 37.6 Å². The van der Waals surface area contributed by atoms with Crippen molar-refractivity contribution in [2.45, 2.75) is 26.4 Å². The van der Waals surface area contributed by atoms with Crippen molar-refractivity contribution < 1.29 is 9.59 Å². The molecule has 116 valence electrons. The molecule has 21 heavy (non-hydrogen) atoms. The van der Waals surface area contributed by atoms with Gasteiger partial charge in [0.1, 0.15) is 0 Å². The molecule has 0 bridgehead atoms. The molecule has 1 aromatic rings. The molecular formula is C14H21ClN4O2. The first-order valence-electron chi connectivity index (χ1n) is 6.63. The average molecular weight is 313 g/mol. The van der Waals surface area contributed by atoms with Gasteiger partial charge in [-0.25, -0.2) is 0 Å². The number of nitrogens with one attached hydrogen (secondary N) is 1. The third kappa shape index (κ3) is 5.61. The molecule has 0 fully saturated rings. The summed E-state index contributed by atoms with van der Waals surface area (Å²) in [4.78, 5) is 24.0. The normalized spacial score (nSPS) is 10.7. The van der Waals surface area contributed by atoms with Crippen LogP contribution in [0.3, 0.4) is 0 Å². The molecular weight excluding hydrogens is 292 g/mol. The van der Waals surface area contributed by atoms with E-state index in [4.69, 9.17) is 23.1 Å². The number of anilines is 1. The van der Waals surface area contributed by atoms with Crippen molar-refractivity contribution >= 4 is 29.1 Å². The Morgan fingerprint density at radius 1 is 1.24 bits per heavy atom. The number of halogens is 1. The highest BCUT2D eigenvalue weighted by molar-refractivity contribution is 6.33. The van der Waals surface area contributed by atoms with Gasteiger partial charge in [-0.2, -0.15) is 0 Å². The summed E-state index contributed by atoms with van der Waals surface area (Å²) in [6.45, 7) is 4.36. The van der Waals surface area contributed by atoms with Crippen molar-refractivity contribution in [3.8, 4) is 0 Å². The van der Waals surface area contributed by atoms with Crippen LogP contribution < -0.4 is 21.7 Å². The standard InChI is InChI=1S/C14H21ClN4O2/c1-9(2)18-6-10-4-3-5-11(15)14(10)19(7-12(16)20)8-13(17)21/h3-5,9,18H,6-8H2,1-2H3,(H2,16,20)(H2,17,21). The Morgan fingerprint density at radius 2 is 1.81 bits per heavy atom. The van der Waals surface area contributed by atoms with Crippen LogP contribution in [0.5, 0.6) is 0 Å². The molecule has 0 radical (unpaired) electrons. The molecule has 0 aliphatic heterocycles. The number of amides is 2. The van der Waals surface area contributed by atoms with E-state index >= 15 is 0 Å². The molecule has 0 saturated carbocycles. The molecule has 0 heterocycles. The van der Waals surface area contributed by atoms with Gasteiger partial charge in [0.25, 0.3) is 0 Å². The van der Waals surface area contributed by atoms with Gasteiger partial charge >= 0.3 is 0 Å². The van der Waals surface area contributed by atoms with Crippen LogP contribution in [0.2, 0.25) is 5.02 Å². The Balaban J connectivity index is 3.14. The highest BCUT2D eigenvalue weighted by Gasteiger charge is 2.18. The fourth-order valence-electron chi connectivity index (χ4n) is 1.96. The van der Waals surface area contributed by atoms with Crippen LogP contribution in [0.4, 0.5) is 5.69 Å². The van der Waals surface area contributed by atoms with Crippen LogP contribution in [0.25, 0.3) is 0 Å². The maximum atomic E-state index is 11.2. The molecule has 0 unspecified atom stereocenters. The van der Waals surface area contributed by atoms with E-state index in [0.717, 1.165) is 5.56 Å². The molecule has 0 atom stereocenters. The SMILES string of the molecule is CC(C)NCc1cccc(Cl)c1N(CC(N)=O)CC(N)=O. The summed E-state index contributed by atoms with van der Waals surface area (Å²) >= 11 is 6.23. The largest absolute Gasteiger partial charge is 0.368 e. The minimum absolute atomic E-state index is 0.124. The monoisotopic (exact) mass is 312 g/mol. The van der Waals surface area contributed by atoms with E-state index in [1.54, 1.807) is 6.07 Å². The summed E-state index contributed by atoms with van der Waals surface area (Å²) in [5, 5.41) is 3.72. The molecule has 0 aromatic heterocycles. The second-order valence-electron chi connectivity index (χ2n) is 5.07. The molecule has 0 spiro atoms. The lowest BCUT2D eigenvalue weighted by Gasteiger charge is -2.26. The topological polar surface area (TPSA) is 101 Å². The number of hydrogen-bond donors (Lipinski definition) is 3. The number of para-hydroxylation sites is 1. The van der Waals surface area contributed by atoms with E-state index in [9.17, 15) is 9.59 Å². The Kier molecular flexibility index (Phi) is 6.45. The second-order valence-corrected chi connectivity index (χ2v) is 5.48. The second kappa shape index (κ2) is 7.85. The smallest absolute Gasteiger partial charge is 0.236 e. The predicted molar refractivity (Wildman–Crippen MR) is 84.0 cm³/mol. The van der Waals surface area contributed by atoms with Crippen LogP contribution in [0, 0.1) is 0 Å². The summed E-state index contributed by atoms with van der Waals surface area (Å²) in [6, 6.07) is 5.68. The van der Waals surface area contributed by atoms with E-state index in [2.05, 4.69) is 5.32 Å². The Labute approximate surface area is 129 Å². The number of nitrogens with two attached hydrogens (primary N) is 2. The fraction of sp³-hybridized carbons (Fsp3) is 0.429. The van der Waals surface area contributed by atoms with Gasteiger partial charge < -0.3 is 21.7 Å². The molecule has 2 amide bonds. The van der Waals surface area contributed by atoms with Crippen molar-refractivity contribution in [2.24, 2.45) is 11.5 Å². The van der Waals surface area contributed by atoms with Crippen molar-refractivity contribution in [3.63, 3.8) is 0 Å². The van der Waals surface area contributed by atoms with Gasteiger partial charge in [0.2, 0.25) is 11.8 Å². The van der Waals surface area contributed by atoms with Gasteiger partial charge in [-0.3, -0.25) is 9.59 Å². The number of benzene rings is 1. The molecule has 0 saturated heterocycles. The molecule has 1 aromatic carbocycles. The first-order valence-corrected chi connectivity index (χ1v) is 7.01. The summed E-state index contributed by atoms with van der Waals surface area (Å²) in [5.74, 6) is -1.11. The third-order valence-electron chi connectivity index (χ3n) is 2.78. The summed E-state index contributed by atoms with van der Waals surface area (Å²) in [5.41, 5.74) is 12.0. The summed E-state index contributed by atoms with van der Waals surface area (Å²) < 4.78 is 0. The van der Waals surface area contributed by atoms with Crippen molar-refractivity contribution in [1.82, 2.24) is 5.32 Å². The van der Waals surface area contributed by atoms with Crippen LogP contribution in [-0.2, 0) is 16.1 Å². The van der Waals surface area contributed by atoms with Gasteiger partial charge in [-0.15, -0.1) is 0 Å². The Hall–Kier alpha value is -1.79. The van der Waals surface area contributed by atoms with Gasteiger partial charge in [-0.05, 0) is 11.6 Å². The average Bonchev–Trinajstić information content (AvgIpc) is 2.34. The van der Waals surface area contributed by atoms with E-state index < -0.39 is 11.8 Å². The molecule has 0 aliphatic carbocycles. The Morgan fingerprint density at radius 3 is 2.29 bits per heavy atom. The van der Waals surface area contributed by atoms with Gasteiger partial charge in [0.05, 0.1) is 23.8 Å². The lowest BCUT2D eigenvalue weighted by Crippen LogP contribution is -2.40. The lowest BCUT2D eigenvalue weighted by atomic mass is 10.1. The number of nitrogens with zero attached hydrogens (tertiary/aromatic N) is 1. The molecule has 0 aliphatic rings. The van der Waals surface area contributed by atoms with E-state index in [0.29, 0.717) is 17.3 Å². The van der Waals surface area contributed by atoms with Gasteiger partial charge in [0, 0.05) is 12.6 Å². The lowest BCUT2D eigenvalue weighted by molar-refractivity contribution is -0.117. The van der Waals surface area contributed by atoms with Crippen LogP contribution in [0.15, 0.2) is 18.2 Å². The number of rotatable bonds is 8. The van der Waals surface area contributed by atoms with Crippen LogP contribution >= 0.6 is 11.6 Å². The van der Waals surface area contributed by atoms with E-state index in [1.807, 2.05) is 26.0 Å². The Bertz CT molecular complexity index is 504. The zero-order valence-electron chi connectivity index (χ0n) is 12.2. The summed E-state index contributed by atoms with van der Waals surface area (Å²) in [7, 11) is 0. The minimum Gasteiger partial charge on any atom is -0.368 e. The highest BCUT2D eigenvalue weighted by atomic mass is 35.5. The predicted octanol–water partition coefficient (Wildman–Crippen LogP) is 0.615. The summed E-state index contributed by atoms with van der Waals surface area (Å²) in [6.07, 6.45) is 0. The highest BCUT2D eigenvalue weighted by Crippen LogP contribution is 2.30. The molecule has 5 N–H and O–H groups in total. The van der Waals surface area contributed by atoms with Crippen molar-refractivity contribution in [1.29, 1.82) is 0 Å². The number of carbonyl (C=O) groups excluding carboxylic acids is 2. The fourth-order valence-corrected chi connectivity index (χ4v) is 2.27. The third-order valence-corrected chi connectivity index (χ3v) is 3.09. The molecule has 6 nitrogen and oxygen atoms in total. The van der Waals surface area contributed by atoms with E-state index in [-0.39, 0.29) is 19.1 Å².